The number of benzene rings is 2. The summed E-state index contributed by atoms with van der Waals surface area (Å²) in [4.78, 5) is 20.9. The number of hydrogen-bond acceptors (Lipinski definition) is 5. The fourth-order valence-corrected chi connectivity index (χ4v) is 2.84. The van der Waals surface area contributed by atoms with Crippen LogP contribution in [0, 0.1) is 32.1 Å². The number of anilines is 3. The summed E-state index contributed by atoms with van der Waals surface area (Å²) in [5.74, 6) is 0.210. The van der Waals surface area contributed by atoms with Gasteiger partial charge in [0.2, 0.25) is 0 Å². The van der Waals surface area contributed by atoms with Crippen LogP contribution in [-0.2, 0) is 0 Å². The van der Waals surface area contributed by atoms with Crippen LogP contribution in [0.15, 0.2) is 48.8 Å². The molecule has 27 heavy (non-hydrogen) atoms. The van der Waals surface area contributed by atoms with E-state index in [1.807, 2.05) is 32.9 Å². The first-order valence-corrected chi connectivity index (χ1v) is 8.44. The molecule has 3 aromatic rings. The smallest absolute Gasteiger partial charge is 0.275 e. The van der Waals surface area contributed by atoms with Gasteiger partial charge in [0, 0.05) is 11.4 Å². The second-order valence-electron chi connectivity index (χ2n) is 6.33. The molecule has 0 spiro atoms. The zero-order valence-corrected chi connectivity index (χ0v) is 15.4. The Bertz CT molecular complexity index is 995. The summed E-state index contributed by atoms with van der Waals surface area (Å²) in [6, 6.07) is 13.1. The largest absolute Gasteiger partial charge is 0.339 e. The Morgan fingerprint density at radius 3 is 2.22 bits per heavy atom. The van der Waals surface area contributed by atoms with Crippen LogP contribution in [0.5, 0.6) is 0 Å². The third-order valence-corrected chi connectivity index (χ3v) is 4.09. The van der Waals surface area contributed by atoms with Crippen molar-refractivity contribution >= 4 is 23.1 Å². The predicted molar refractivity (Wildman–Crippen MR) is 105 cm³/mol. The minimum atomic E-state index is -0.303. The molecule has 0 aliphatic heterocycles. The van der Waals surface area contributed by atoms with Gasteiger partial charge >= 0.3 is 0 Å². The summed E-state index contributed by atoms with van der Waals surface area (Å²) in [5, 5.41) is 14.8. The fraction of sp³-hybridized carbons (Fsp3) is 0.143. The van der Waals surface area contributed by atoms with Crippen LogP contribution < -0.4 is 10.6 Å². The van der Waals surface area contributed by atoms with Crippen molar-refractivity contribution in [3.8, 4) is 6.07 Å². The minimum absolute atomic E-state index is 0.236. The summed E-state index contributed by atoms with van der Waals surface area (Å²) >= 11 is 0. The molecule has 0 saturated heterocycles. The highest BCUT2D eigenvalue weighted by Crippen LogP contribution is 2.22. The number of carbonyl (C=O) groups excluding carboxylic acids is 1. The van der Waals surface area contributed by atoms with Crippen molar-refractivity contribution in [2.75, 3.05) is 10.6 Å². The number of aryl methyl sites for hydroxylation is 3. The van der Waals surface area contributed by atoms with Gasteiger partial charge < -0.3 is 10.6 Å². The number of hydrogen-bond donors (Lipinski definition) is 2. The number of rotatable bonds is 4. The molecular weight excluding hydrogens is 338 g/mol. The maximum atomic E-state index is 12.5. The van der Waals surface area contributed by atoms with E-state index in [9.17, 15) is 4.79 Å². The lowest BCUT2D eigenvalue weighted by molar-refractivity contribution is 0.102. The zero-order valence-electron chi connectivity index (χ0n) is 15.4. The highest BCUT2D eigenvalue weighted by Gasteiger charge is 2.12. The first-order chi connectivity index (χ1) is 13.0. The molecule has 6 nitrogen and oxygen atoms in total. The quantitative estimate of drug-likeness (QED) is 0.728. The van der Waals surface area contributed by atoms with Gasteiger partial charge in [0.05, 0.1) is 24.0 Å². The molecule has 0 radical (unpaired) electrons. The molecule has 0 fully saturated rings. The summed E-state index contributed by atoms with van der Waals surface area (Å²) in [5.41, 5.74) is 5.57. The van der Waals surface area contributed by atoms with E-state index in [-0.39, 0.29) is 11.6 Å². The van der Waals surface area contributed by atoms with Crippen molar-refractivity contribution in [1.82, 2.24) is 9.97 Å². The van der Waals surface area contributed by atoms with E-state index in [1.54, 1.807) is 24.3 Å². The standard InChI is InChI=1S/C21H19N5O/c1-13-8-14(2)20(15(3)9-13)26-21(27)18-11-24-19(12-23-18)25-17-6-4-16(10-22)5-7-17/h4-9,11-12H,1-3H3,(H,24,25)(H,26,27). The topological polar surface area (TPSA) is 90.7 Å². The minimum Gasteiger partial charge on any atom is -0.339 e. The molecule has 6 heteroatoms. The van der Waals surface area contributed by atoms with Gasteiger partial charge in [0.1, 0.15) is 11.5 Å². The number of amides is 1. The molecule has 134 valence electrons. The number of nitrogens with one attached hydrogen (secondary N) is 2. The molecule has 3 rings (SSSR count). The number of nitrogens with zero attached hydrogens (tertiary/aromatic N) is 3. The molecule has 0 atom stereocenters. The van der Waals surface area contributed by atoms with E-state index in [2.05, 4.69) is 26.7 Å². The van der Waals surface area contributed by atoms with Crippen molar-refractivity contribution < 1.29 is 4.79 Å². The first-order valence-electron chi connectivity index (χ1n) is 8.44. The van der Waals surface area contributed by atoms with E-state index < -0.39 is 0 Å². The molecule has 0 aliphatic rings. The third kappa shape index (κ3) is 4.28. The molecule has 1 aromatic heterocycles. The third-order valence-electron chi connectivity index (χ3n) is 4.09. The molecule has 2 N–H and O–H groups in total. The van der Waals surface area contributed by atoms with Crippen molar-refractivity contribution in [3.05, 3.63) is 76.7 Å². The van der Waals surface area contributed by atoms with Crippen LogP contribution in [0.2, 0.25) is 0 Å². The Labute approximate surface area is 157 Å². The van der Waals surface area contributed by atoms with E-state index in [0.29, 0.717) is 11.4 Å². The highest BCUT2D eigenvalue weighted by molar-refractivity contribution is 6.03. The van der Waals surface area contributed by atoms with Crippen molar-refractivity contribution in [2.24, 2.45) is 0 Å². The lowest BCUT2D eigenvalue weighted by atomic mass is 10.1. The first kappa shape index (κ1) is 18.1. The van der Waals surface area contributed by atoms with Crippen LogP contribution in [0.4, 0.5) is 17.2 Å². The van der Waals surface area contributed by atoms with Gasteiger partial charge in [-0.15, -0.1) is 0 Å². The maximum Gasteiger partial charge on any atom is 0.275 e. The monoisotopic (exact) mass is 357 g/mol. The van der Waals surface area contributed by atoms with Crippen molar-refractivity contribution in [2.45, 2.75) is 20.8 Å². The zero-order chi connectivity index (χ0) is 19.4. The van der Waals surface area contributed by atoms with E-state index in [0.717, 1.165) is 28.1 Å². The van der Waals surface area contributed by atoms with Gasteiger partial charge in [-0.2, -0.15) is 5.26 Å². The van der Waals surface area contributed by atoms with Gasteiger partial charge in [-0.1, -0.05) is 17.7 Å². The second kappa shape index (κ2) is 7.67. The number of nitriles is 1. The van der Waals surface area contributed by atoms with E-state index in [1.165, 1.54) is 12.4 Å². The van der Waals surface area contributed by atoms with Crippen LogP contribution in [0.25, 0.3) is 0 Å². The normalized spacial score (nSPS) is 10.1. The Morgan fingerprint density at radius 1 is 1.00 bits per heavy atom. The Morgan fingerprint density at radius 2 is 1.67 bits per heavy atom. The second-order valence-corrected chi connectivity index (χ2v) is 6.33. The molecule has 0 saturated carbocycles. The lowest BCUT2D eigenvalue weighted by Gasteiger charge is -2.12. The summed E-state index contributed by atoms with van der Waals surface area (Å²) in [6.07, 6.45) is 2.93. The molecule has 1 amide bonds. The SMILES string of the molecule is Cc1cc(C)c(NC(=O)c2cnc(Nc3ccc(C#N)cc3)cn2)c(C)c1. The van der Waals surface area contributed by atoms with Gasteiger partial charge in [0.25, 0.3) is 5.91 Å². The van der Waals surface area contributed by atoms with Crippen molar-refractivity contribution in [1.29, 1.82) is 5.26 Å². The molecule has 1 heterocycles. The van der Waals surface area contributed by atoms with E-state index in [4.69, 9.17) is 5.26 Å². The van der Waals surface area contributed by atoms with Crippen LogP contribution in [-0.4, -0.2) is 15.9 Å². The average Bonchev–Trinajstić information content (AvgIpc) is 2.65. The highest BCUT2D eigenvalue weighted by atomic mass is 16.1. The Balaban J connectivity index is 1.71. The molecule has 0 unspecified atom stereocenters. The lowest BCUT2D eigenvalue weighted by Crippen LogP contribution is -2.16. The maximum absolute atomic E-state index is 12.5. The van der Waals surface area contributed by atoms with Crippen molar-refractivity contribution in [3.63, 3.8) is 0 Å². The molecule has 0 bridgehead atoms. The van der Waals surface area contributed by atoms with Gasteiger partial charge in [-0.3, -0.25) is 4.79 Å². The number of aromatic nitrogens is 2. The molecular formula is C21H19N5O. The Hall–Kier alpha value is -3.72. The van der Waals surface area contributed by atoms with Crippen LogP contribution >= 0.6 is 0 Å². The predicted octanol–water partition coefficient (Wildman–Crippen LogP) is 4.27. The summed E-state index contributed by atoms with van der Waals surface area (Å²) < 4.78 is 0. The molecule has 0 aliphatic carbocycles. The average molecular weight is 357 g/mol. The molecule has 2 aromatic carbocycles. The van der Waals surface area contributed by atoms with E-state index >= 15 is 0 Å². The van der Waals surface area contributed by atoms with Crippen LogP contribution in [0.1, 0.15) is 32.7 Å². The summed E-state index contributed by atoms with van der Waals surface area (Å²) in [6.45, 7) is 5.95. The van der Waals surface area contributed by atoms with Gasteiger partial charge in [-0.25, -0.2) is 9.97 Å². The van der Waals surface area contributed by atoms with Crippen LogP contribution in [0.3, 0.4) is 0 Å². The summed E-state index contributed by atoms with van der Waals surface area (Å²) in [7, 11) is 0. The Kier molecular flexibility index (Phi) is 5.13. The van der Waals surface area contributed by atoms with Gasteiger partial charge in [-0.05, 0) is 56.2 Å². The van der Waals surface area contributed by atoms with Gasteiger partial charge in [0.15, 0.2) is 0 Å². The fourth-order valence-electron chi connectivity index (χ4n) is 2.84. The number of carbonyl (C=O) groups is 1.